The summed E-state index contributed by atoms with van der Waals surface area (Å²) in [6.07, 6.45) is 0. The van der Waals surface area contributed by atoms with Crippen LogP contribution in [0.1, 0.15) is 0 Å². The van der Waals surface area contributed by atoms with Crippen LogP contribution in [0.15, 0.2) is 192 Å². The number of fused-ring (bicyclic) bond motifs is 9. The predicted molar refractivity (Wildman–Crippen MR) is 227 cm³/mol. The van der Waals surface area contributed by atoms with E-state index in [9.17, 15) is 0 Å². The molecule has 0 bridgehead atoms. The summed E-state index contributed by atoms with van der Waals surface area (Å²) in [6.45, 7) is 0. The second kappa shape index (κ2) is 11.9. The summed E-state index contributed by atoms with van der Waals surface area (Å²) in [5.41, 5.74) is 9.77. The van der Waals surface area contributed by atoms with Crippen molar-refractivity contribution in [1.82, 2.24) is 0 Å². The van der Waals surface area contributed by atoms with Crippen LogP contribution in [0.3, 0.4) is 0 Å². The van der Waals surface area contributed by atoms with Crippen LogP contribution in [-0.4, -0.2) is 0 Å². The number of thiophene rings is 1. The highest BCUT2D eigenvalue weighted by Gasteiger charge is 2.25. The zero-order valence-corrected chi connectivity index (χ0v) is 29.5. The molecule has 0 atom stereocenters. The van der Waals surface area contributed by atoms with Gasteiger partial charge in [-0.3, -0.25) is 0 Å². The zero-order chi connectivity index (χ0) is 34.9. The molecule has 53 heavy (non-hydrogen) atoms. The van der Waals surface area contributed by atoms with Crippen molar-refractivity contribution >= 4 is 92.1 Å². The van der Waals surface area contributed by atoms with Crippen LogP contribution < -0.4 is 4.90 Å². The largest absolute Gasteiger partial charge is 0.456 e. The SMILES string of the molecule is c1ccc(-c2ccc(N(c3ccc4c(c3)sc3ccccc34)c3ccc4oc5ccccc5c4c3-c3cc4ccccc4c4ccccc34)cc2)cc1. The van der Waals surface area contributed by atoms with Crippen molar-refractivity contribution < 1.29 is 4.42 Å². The van der Waals surface area contributed by atoms with Gasteiger partial charge in [0.05, 0.1) is 5.69 Å². The van der Waals surface area contributed by atoms with Crippen molar-refractivity contribution in [3.63, 3.8) is 0 Å². The van der Waals surface area contributed by atoms with E-state index >= 15 is 0 Å². The number of furan rings is 1. The molecule has 0 aliphatic rings. The molecule has 9 aromatic carbocycles. The molecule has 0 N–H and O–H groups in total. The topological polar surface area (TPSA) is 16.4 Å². The molecule has 0 fully saturated rings. The fraction of sp³-hybridized carbons (Fsp3) is 0. The molecule has 0 radical (unpaired) electrons. The number of hydrogen-bond donors (Lipinski definition) is 0. The molecule has 0 saturated heterocycles. The Morgan fingerprint density at radius 2 is 1.04 bits per heavy atom. The lowest BCUT2D eigenvalue weighted by Gasteiger charge is -2.29. The van der Waals surface area contributed by atoms with Crippen LogP contribution >= 0.6 is 11.3 Å². The molecule has 0 unspecified atom stereocenters. The molecule has 0 amide bonds. The second-order valence-corrected chi connectivity index (χ2v) is 14.7. The van der Waals surface area contributed by atoms with Crippen LogP contribution in [0.4, 0.5) is 17.1 Å². The Hall–Kier alpha value is -6.68. The maximum Gasteiger partial charge on any atom is 0.136 e. The lowest BCUT2D eigenvalue weighted by Crippen LogP contribution is -2.11. The van der Waals surface area contributed by atoms with Gasteiger partial charge in [-0.05, 0) is 92.8 Å². The molecule has 2 nitrogen and oxygen atoms in total. The Balaban J connectivity index is 1.25. The van der Waals surface area contributed by atoms with Crippen LogP contribution in [0, 0.1) is 0 Å². The van der Waals surface area contributed by atoms with Crippen molar-refractivity contribution in [2.75, 3.05) is 4.90 Å². The van der Waals surface area contributed by atoms with E-state index < -0.39 is 0 Å². The third-order valence-corrected chi connectivity index (χ3v) is 11.8. The summed E-state index contributed by atoms with van der Waals surface area (Å²) in [7, 11) is 0. The molecule has 2 heterocycles. The first-order chi connectivity index (χ1) is 26.3. The van der Waals surface area contributed by atoms with Gasteiger partial charge in [0.15, 0.2) is 0 Å². The quantitative estimate of drug-likeness (QED) is 0.167. The van der Waals surface area contributed by atoms with Crippen LogP contribution in [-0.2, 0) is 0 Å². The van der Waals surface area contributed by atoms with Crippen molar-refractivity contribution in [3.8, 4) is 22.3 Å². The van der Waals surface area contributed by atoms with Gasteiger partial charge in [-0.25, -0.2) is 0 Å². The van der Waals surface area contributed by atoms with E-state index in [4.69, 9.17) is 4.42 Å². The molecule has 0 spiro atoms. The predicted octanol–water partition coefficient (Wildman–Crippen LogP) is 15.1. The van der Waals surface area contributed by atoms with E-state index in [0.29, 0.717) is 0 Å². The number of rotatable bonds is 5. The molecule has 11 aromatic rings. The van der Waals surface area contributed by atoms with E-state index in [0.717, 1.165) is 44.6 Å². The molecule has 2 aromatic heterocycles. The van der Waals surface area contributed by atoms with Gasteiger partial charge in [0.25, 0.3) is 0 Å². The van der Waals surface area contributed by atoms with Gasteiger partial charge in [-0.1, -0.05) is 133 Å². The summed E-state index contributed by atoms with van der Waals surface area (Å²) >= 11 is 1.85. The Morgan fingerprint density at radius 3 is 1.89 bits per heavy atom. The third kappa shape index (κ3) is 4.78. The van der Waals surface area contributed by atoms with Gasteiger partial charge < -0.3 is 9.32 Å². The lowest BCUT2D eigenvalue weighted by atomic mass is 9.89. The first-order valence-electron chi connectivity index (χ1n) is 18.0. The smallest absolute Gasteiger partial charge is 0.136 e. The van der Waals surface area contributed by atoms with Gasteiger partial charge in [0, 0.05) is 47.9 Å². The minimum absolute atomic E-state index is 0.876. The number of nitrogens with zero attached hydrogens (tertiary/aromatic N) is 1. The Kier molecular flexibility index (Phi) is 6.76. The Morgan fingerprint density at radius 1 is 0.396 bits per heavy atom. The van der Waals surface area contributed by atoms with E-state index in [-0.39, 0.29) is 0 Å². The number of anilines is 3. The fourth-order valence-electron chi connectivity index (χ4n) is 8.24. The number of hydrogen-bond acceptors (Lipinski definition) is 3. The standard InChI is InChI=1S/C50H31NOS/c1-2-12-32(13-3-1)33-22-24-35(25-23-33)51(36-26-27-41-40-18-9-11-21-47(40)53-48(41)31-36)44-28-29-46-50(42-19-8-10-20-45(42)52-46)49(44)43-30-34-14-4-5-15-37(34)38-16-6-7-17-39(38)43/h1-31H. The van der Waals surface area contributed by atoms with Crippen LogP contribution in [0.25, 0.3) is 85.9 Å². The Bertz CT molecular complexity index is 3170. The minimum atomic E-state index is 0.876. The van der Waals surface area contributed by atoms with Gasteiger partial charge in [0.1, 0.15) is 11.2 Å². The van der Waals surface area contributed by atoms with Crippen molar-refractivity contribution in [2.45, 2.75) is 0 Å². The highest BCUT2D eigenvalue weighted by molar-refractivity contribution is 7.25. The molecular formula is C50H31NOS. The van der Waals surface area contributed by atoms with E-state index in [1.54, 1.807) is 0 Å². The molecule has 248 valence electrons. The summed E-state index contributed by atoms with van der Waals surface area (Å²) in [6, 6.07) is 68.1. The minimum Gasteiger partial charge on any atom is -0.456 e. The molecule has 0 aliphatic carbocycles. The van der Waals surface area contributed by atoms with Crippen molar-refractivity contribution in [2.24, 2.45) is 0 Å². The molecular weight excluding hydrogens is 663 g/mol. The van der Waals surface area contributed by atoms with Crippen molar-refractivity contribution in [1.29, 1.82) is 0 Å². The summed E-state index contributed by atoms with van der Waals surface area (Å²) in [5, 5.41) is 9.72. The molecule has 0 aliphatic heterocycles. The number of benzene rings is 9. The average Bonchev–Trinajstić information content (AvgIpc) is 3.79. The fourth-order valence-corrected chi connectivity index (χ4v) is 9.38. The van der Waals surface area contributed by atoms with E-state index in [2.05, 4.69) is 193 Å². The van der Waals surface area contributed by atoms with Gasteiger partial charge in [0.2, 0.25) is 0 Å². The number of para-hydroxylation sites is 1. The monoisotopic (exact) mass is 693 g/mol. The Labute approximate surface area is 310 Å². The lowest BCUT2D eigenvalue weighted by molar-refractivity contribution is 0.669. The molecule has 0 saturated carbocycles. The molecule has 3 heteroatoms. The third-order valence-electron chi connectivity index (χ3n) is 10.7. The highest BCUT2D eigenvalue weighted by Crippen LogP contribution is 2.50. The summed E-state index contributed by atoms with van der Waals surface area (Å²) < 4.78 is 9.16. The van der Waals surface area contributed by atoms with Gasteiger partial charge >= 0.3 is 0 Å². The van der Waals surface area contributed by atoms with Gasteiger partial charge in [-0.2, -0.15) is 0 Å². The first kappa shape index (κ1) is 30.0. The average molecular weight is 694 g/mol. The maximum atomic E-state index is 6.60. The van der Waals surface area contributed by atoms with Crippen molar-refractivity contribution in [3.05, 3.63) is 188 Å². The van der Waals surface area contributed by atoms with E-state index in [1.807, 2.05) is 11.3 Å². The van der Waals surface area contributed by atoms with Gasteiger partial charge in [-0.15, -0.1) is 11.3 Å². The second-order valence-electron chi connectivity index (χ2n) is 13.6. The molecule has 11 rings (SSSR count). The maximum absolute atomic E-state index is 6.60. The van der Waals surface area contributed by atoms with Crippen LogP contribution in [0.5, 0.6) is 0 Å². The first-order valence-corrected chi connectivity index (χ1v) is 18.8. The van der Waals surface area contributed by atoms with E-state index in [1.165, 1.54) is 58.4 Å². The van der Waals surface area contributed by atoms with Crippen LogP contribution in [0.2, 0.25) is 0 Å². The normalized spacial score (nSPS) is 11.8. The highest BCUT2D eigenvalue weighted by atomic mass is 32.1. The zero-order valence-electron chi connectivity index (χ0n) is 28.7. The summed E-state index contributed by atoms with van der Waals surface area (Å²) in [5.74, 6) is 0. The summed E-state index contributed by atoms with van der Waals surface area (Å²) in [4.78, 5) is 2.44.